The van der Waals surface area contributed by atoms with Crippen LogP contribution in [0.3, 0.4) is 0 Å². The van der Waals surface area contributed by atoms with Crippen LogP contribution in [0.5, 0.6) is 0 Å². The van der Waals surface area contributed by atoms with Gasteiger partial charge in [0.25, 0.3) is 0 Å². The average molecular weight is 208 g/mol. The zero-order chi connectivity index (χ0) is 10.8. The summed E-state index contributed by atoms with van der Waals surface area (Å²) < 4.78 is 7.58. The van der Waals surface area contributed by atoms with E-state index < -0.39 is 0 Å². The van der Waals surface area contributed by atoms with Crippen LogP contribution in [0, 0.1) is 13.8 Å². The first-order chi connectivity index (χ1) is 7.18. The quantitative estimate of drug-likeness (QED) is 0.815. The molecular weight excluding hydrogens is 188 g/mol. The molecule has 0 amide bonds. The Morgan fingerprint density at radius 3 is 2.87 bits per heavy atom. The van der Waals surface area contributed by atoms with E-state index in [-0.39, 0.29) is 0 Å². The predicted molar refractivity (Wildman–Crippen MR) is 61.0 cm³/mol. The molecule has 0 radical (unpaired) electrons. The van der Waals surface area contributed by atoms with Crippen molar-refractivity contribution in [2.24, 2.45) is 7.05 Å². The van der Waals surface area contributed by atoms with Gasteiger partial charge in [-0.25, -0.2) is 0 Å². The van der Waals surface area contributed by atoms with E-state index in [4.69, 9.17) is 4.74 Å². The second-order valence-corrected chi connectivity index (χ2v) is 4.40. The molecule has 84 valence electrons. The van der Waals surface area contributed by atoms with Crippen molar-refractivity contribution in [2.45, 2.75) is 32.9 Å². The molecule has 2 heterocycles. The van der Waals surface area contributed by atoms with Gasteiger partial charge in [0.15, 0.2) is 0 Å². The van der Waals surface area contributed by atoms with E-state index in [2.05, 4.69) is 36.8 Å². The van der Waals surface area contributed by atoms with Crippen LogP contribution in [-0.2, 0) is 18.3 Å². The summed E-state index contributed by atoms with van der Waals surface area (Å²) in [4.78, 5) is 0. The summed E-state index contributed by atoms with van der Waals surface area (Å²) in [6.45, 7) is 7.06. The molecule has 1 saturated heterocycles. The number of hydrogen-bond acceptors (Lipinski definition) is 2. The molecule has 1 atom stereocenters. The molecule has 2 rings (SSSR count). The van der Waals surface area contributed by atoms with Crippen LogP contribution in [0.25, 0.3) is 0 Å². The van der Waals surface area contributed by atoms with E-state index in [9.17, 15) is 0 Å². The molecular formula is C12H20N2O. The van der Waals surface area contributed by atoms with Gasteiger partial charge in [0.05, 0.1) is 6.61 Å². The Kier molecular flexibility index (Phi) is 3.12. The topological polar surface area (TPSA) is 26.2 Å². The highest BCUT2D eigenvalue weighted by Crippen LogP contribution is 2.13. The Morgan fingerprint density at radius 2 is 2.33 bits per heavy atom. The average Bonchev–Trinajstić information content (AvgIpc) is 2.80. The maximum atomic E-state index is 5.34. The summed E-state index contributed by atoms with van der Waals surface area (Å²) in [5.41, 5.74) is 4.09. The minimum absolute atomic E-state index is 0.546. The van der Waals surface area contributed by atoms with Gasteiger partial charge in [-0.15, -0.1) is 0 Å². The van der Waals surface area contributed by atoms with Crippen LogP contribution < -0.4 is 5.32 Å². The lowest BCUT2D eigenvalue weighted by molar-refractivity contribution is 0.190. The largest absolute Gasteiger partial charge is 0.380 e. The van der Waals surface area contributed by atoms with Gasteiger partial charge in [-0.1, -0.05) is 0 Å². The summed E-state index contributed by atoms with van der Waals surface area (Å²) in [7, 11) is 2.12. The highest BCUT2D eigenvalue weighted by atomic mass is 16.5. The third-order valence-electron chi connectivity index (χ3n) is 3.39. The smallest absolute Gasteiger partial charge is 0.0620 e. The van der Waals surface area contributed by atoms with E-state index in [1.807, 2.05) is 0 Å². The fourth-order valence-corrected chi connectivity index (χ4v) is 2.06. The molecule has 0 saturated carbocycles. The van der Waals surface area contributed by atoms with E-state index in [0.717, 1.165) is 26.2 Å². The van der Waals surface area contributed by atoms with Crippen molar-refractivity contribution in [1.29, 1.82) is 0 Å². The number of aryl methyl sites for hydroxylation is 1. The van der Waals surface area contributed by atoms with E-state index in [1.54, 1.807) is 0 Å². The highest BCUT2D eigenvalue weighted by molar-refractivity contribution is 5.26. The van der Waals surface area contributed by atoms with Crippen molar-refractivity contribution in [3.8, 4) is 0 Å². The van der Waals surface area contributed by atoms with Gasteiger partial charge in [-0.05, 0) is 31.9 Å². The summed E-state index contributed by atoms with van der Waals surface area (Å²) in [6.07, 6.45) is 1.14. The zero-order valence-corrected chi connectivity index (χ0v) is 9.84. The van der Waals surface area contributed by atoms with Crippen LogP contribution in [0.2, 0.25) is 0 Å². The lowest BCUT2D eigenvalue weighted by atomic mass is 10.2. The number of rotatable bonds is 3. The monoisotopic (exact) mass is 208 g/mol. The van der Waals surface area contributed by atoms with Gasteiger partial charge in [-0.2, -0.15) is 0 Å². The molecule has 0 spiro atoms. The minimum atomic E-state index is 0.546. The normalized spacial score (nSPS) is 21.1. The minimum Gasteiger partial charge on any atom is -0.380 e. The fourth-order valence-electron chi connectivity index (χ4n) is 2.06. The van der Waals surface area contributed by atoms with Crippen LogP contribution in [0.15, 0.2) is 6.07 Å². The Labute approximate surface area is 91.4 Å². The molecule has 1 fully saturated rings. The van der Waals surface area contributed by atoms with Crippen molar-refractivity contribution in [3.63, 3.8) is 0 Å². The van der Waals surface area contributed by atoms with Crippen molar-refractivity contribution < 1.29 is 4.74 Å². The van der Waals surface area contributed by atoms with E-state index in [1.165, 1.54) is 17.0 Å². The lowest BCUT2D eigenvalue weighted by Crippen LogP contribution is -2.28. The van der Waals surface area contributed by atoms with Crippen LogP contribution in [-0.4, -0.2) is 23.8 Å². The molecule has 1 aliphatic rings. The molecule has 15 heavy (non-hydrogen) atoms. The molecule has 1 unspecified atom stereocenters. The second-order valence-electron chi connectivity index (χ2n) is 4.40. The maximum absolute atomic E-state index is 5.34. The zero-order valence-electron chi connectivity index (χ0n) is 9.84. The first-order valence-electron chi connectivity index (χ1n) is 5.61. The van der Waals surface area contributed by atoms with Crippen molar-refractivity contribution >= 4 is 0 Å². The fraction of sp³-hybridized carbons (Fsp3) is 0.667. The number of nitrogens with zero attached hydrogens (tertiary/aromatic N) is 1. The summed E-state index contributed by atoms with van der Waals surface area (Å²) in [6, 6.07) is 2.81. The van der Waals surface area contributed by atoms with Crippen LogP contribution >= 0.6 is 0 Å². The maximum Gasteiger partial charge on any atom is 0.0620 e. The first-order valence-corrected chi connectivity index (χ1v) is 5.61. The molecule has 1 aliphatic heterocycles. The third kappa shape index (κ3) is 2.24. The van der Waals surface area contributed by atoms with Gasteiger partial charge in [0.2, 0.25) is 0 Å². The molecule has 1 N–H and O–H groups in total. The van der Waals surface area contributed by atoms with Crippen LogP contribution in [0.4, 0.5) is 0 Å². The van der Waals surface area contributed by atoms with Crippen LogP contribution in [0.1, 0.15) is 23.4 Å². The molecule has 1 aromatic heterocycles. The number of hydrogen-bond donors (Lipinski definition) is 1. The summed E-state index contributed by atoms with van der Waals surface area (Å²) >= 11 is 0. The Balaban J connectivity index is 1.95. The van der Waals surface area contributed by atoms with Gasteiger partial charge in [0, 0.05) is 37.6 Å². The molecule has 3 nitrogen and oxygen atoms in total. The number of ether oxygens (including phenoxy) is 1. The summed E-state index contributed by atoms with van der Waals surface area (Å²) in [5, 5.41) is 3.54. The Morgan fingerprint density at radius 1 is 1.53 bits per heavy atom. The standard InChI is InChI=1S/C12H20N2O/c1-9-6-11(10(2)14(9)3)7-13-12-4-5-15-8-12/h6,12-13H,4-5,7-8H2,1-3H3. The van der Waals surface area contributed by atoms with Crippen molar-refractivity contribution in [3.05, 3.63) is 23.0 Å². The van der Waals surface area contributed by atoms with Crippen molar-refractivity contribution in [2.75, 3.05) is 13.2 Å². The predicted octanol–water partition coefficient (Wildman–Crippen LogP) is 1.52. The Hall–Kier alpha value is -0.800. The second kappa shape index (κ2) is 4.37. The van der Waals surface area contributed by atoms with Gasteiger partial charge >= 0.3 is 0 Å². The number of aromatic nitrogens is 1. The molecule has 0 bridgehead atoms. The molecule has 3 heteroatoms. The van der Waals surface area contributed by atoms with E-state index >= 15 is 0 Å². The molecule has 0 aliphatic carbocycles. The lowest BCUT2D eigenvalue weighted by Gasteiger charge is -2.10. The van der Waals surface area contributed by atoms with Gasteiger partial charge in [-0.3, -0.25) is 0 Å². The molecule has 1 aromatic rings. The first kappa shape index (κ1) is 10.7. The highest BCUT2D eigenvalue weighted by Gasteiger charge is 2.15. The van der Waals surface area contributed by atoms with Crippen molar-refractivity contribution in [1.82, 2.24) is 9.88 Å². The van der Waals surface area contributed by atoms with Gasteiger partial charge in [0.1, 0.15) is 0 Å². The van der Waals surface area contributed by atoms with E-state index in [0.29, 0.717) is 6.04 Å². The Bertz CT molecular complexity index is 338. The third-order valence-corrected chi connectivity index (χ3v) is 3.39. The SMILES string of the molecule is Cc1cc(CNC2CCOC2)c(C)n1C. The number of nitrogens with one attached hydrogen (secondary N) is 1. The molecule has 0 aromatic carbocycles. The summed E-state index contributed by atoms with van der Waals surface area (Å²) in [5.74, 6) is 0. The van der Waals surface area contributed by atoms with Gasteiger partial charge < -0.3 is 14.6 Å².